The molecule has 1 aliphatic heterocycles. The Morgan fingerprint density at radius 2 is 1.92 bits per heavy atom. The molecule has 0 aromatic heterocycles. The summed E-state index contributed by atoms with van der Waals surface area (Å²) < 4.78 is 5.36. The average molecular weight is 355 g/mol. The number of nitrogens with one attached hydrogen (secondary N) is 1. The number of hydrazone groups is 1. The van der Waals surface area contributed by atoms with Gasteiger partial charge in [-0.15, -0.1) is 0 Å². The standard InChI is InChI=1S/C19H21N3O4/c23-16-3-1-2-14(10-16)11-19(25)21-20-13-15-4-5-17(24)12-18(15)22-6-8-26-9-7-22/h1-5,10,12-13,23-24H,6-9,11H2,(H,21,25)/b20-13+. The van der Waals surface area contributed by atoms with Gasteiger partial charge in [0, 0.05) is 30.4 Å². The molecule has 0 spiro atoms. The number of rotatable bonds is 5. The van der Waals surface area contributed by atoms with Crippen LogP contribution in [0.5, 0.6) is 11.5 Å². The lowest BCUT2D eigenvalue weighted by molar-refractivity contribution is -0.120. The number of phenolic OH excluding ortho intramolecular Hbond substituents is 2. The Hall–Kier alpha value is -3.06. The molecule has 0 unspecified atom stereocenters. The molecule has 1 fully saturated rings. The highest BCUT2D eigenvalue weighted by Crippen LogP contribution is 2.25. The third-order valence-corrected chi connectivity index (χ3v) is 4.03. The van der Waals surface area contributed by atoms with Crippen LogP contribution in [-0.4, -0.2) is 48.6 Å². The van der Waals surface area contributed by atoms with Gasteiger partial charge < -0.3 is 19.8 Å². The monoisotopic (exact) mass is 355 g/mol. The van der Waals surface area contributed by atoms with E-state index in [1.165, 1.54) is 0 Å². The van der Waals surface area contributed by atoms with Gasteiger partial charge in [0.2, 0.25) is 5.91 Å². The number of amides is 1. The van der Waals surface area contributed by atoms with E-state index in [0.29, 0.717) is 18.8 Å². The lowest BCUT2D eigenvalue weighted by atomic mass is 10.1. The first kappa shape index (κ1) is 17.8. The first-order chi connectivity index (χ1) is 12.6. The van der Waals surface area contributed by atoms with Crippen LogP contribution in [0.1, 0.15) is 11.1 Å². The van der Waals surface area contributed by atoms with Gasteiger partial charge in [0.15, 0.2) is 0 Å². The summed E-state index contributed by atoms with van der Waals surface area (Å²) in [5, 5.41) is 23.2. The highest BCUT2D eigenvalue weighted by atomic mass is 16.5. The van der Waals surface area contributed by atoms with Crippen molar-refractivity contribution in [2.75, 3.05) is 31.2 Å². The summed E-state index contributed by atoms with van der Waals surface area (Å²) >= 11 is 0. The van der Waals surface area contributed by atoms with Crippen LogP contribution in [0, 0.1) is 0 Å². The molecule has 3 N–H and O–H groups in total. The van der Waals surface area contributed by atoms with Crippen LogP contribution < -0.4 is 10.3 Å². The normalized spacial score (nSPS) is 14.5. The molecule has 2 aromatic rings. The van der Waals surface area contributed by atoms with E-state index in [-0.39, 0.29) is 23.8 Å². The van der Waals surface area contributed by atoms with Gasteiger partial charge in [-0.1, -0.05) is 12.1 Å². The predicted molar refractivity (Wildman–Crippen MR) is 98.7 cm³/mol. The Morgan fingerprint density at radius 1 is 1.15 bits per heavy atom. The summed E-state index contributed by atoms with van der Waals surface area (Å²) in [6.07, 6.45) is 1.68. The summed E-state index contributed by atoms with van der Waals surface area (Å²) in [6.45, 7) is 2.72. The number of aromatic hydroxyl groups is 2. The number of hydrogen-bond donors (Lipinski definition) is 3. The third-order valence-electron chi connectivity index (χ3n) is 4.03. The zero-order valence-corrected chi connectivity index (χ0v) is 14.3. The van der Waals surface area contributed by atoms with Gasteiger partial charge in [0.05, 0.1) is 25.8 Å². The highest BCUT2D eigenvalue weighted by Gasteiger charge is 2.14. The van der Waals surface area contributed by atoms with Gasteiger partial charge in [-0.25, -0.2) is 5.43 Å². The highest BCUT2D eigenvalue weighted by molar-refractivity contribution is 5.89. The summed E-state index contributed by atoms with van der Waals surface area (Å²) in [6, 6.07) is 11.6. The van der Waals surface area contributed by atoms with Crippen LogP contribution in [0.3, 0.4) is 0 Å². The van der Waals surface area contributed by atoms with Gasteiger partial charge >= 0.3 is 0 Å². The number of carbonyl (C=O) groups is 1. The molecule has 3 rings (SSSR count). The van der Waals surface area contributed by atoms with Gasteiger partial charge in [-0.05, 0) is 29.8 Å². The van der Waals surface area contributed by atoms with Crippen molar-refractivity contribution in [2.24, 2.45) is 5.10 Å². The van der Waals surface area contributed by atoms with Crippen LogP contribution in [0.15, 0.2) is 47.6 Å². The second-order valence-corrected chi connectivity index (χ2v) is 5.98. The van der Waals surface area contributed by atoms with Crippen molar-refractivity contribution < 1.29 is 19.7 Å². The fourth-order valence-electron chi connectivity index (χ4n) is 2.78. The Kier molecular flexibility index (Phi) is 5.70. The van der Waals surface area contributed by atoms with Gasteiger partial charge in [0.25, 0.3) is 0 Å². The maximum atomic E-state index is 12.0. The second-order valence-electron chi connectivity index (χ2n) is 5.98. The topological polar surface area (TPSA) is 94.4 Å². The lowest BCUT2D eigenvalue weighted by Gasteiger charge is -2.30. The van der Waals surface area contributed by atoms with Crippen molar-refractivity contribution in [3.05, 3.63) is 53.6 Å². The van der Waals surface area contributed by atoms with E-state index in [4.69, 9.17) is 4.74 Å². The van der Waals surface area contributed by atoms with E-state index in [9.17, 15) is 15.0 Å². The van der Waals surface area contributed by atoms with Gasteiger partial charge in [-0.3, -0.25) is 4.79 Å². The fraction of sp³-hybridized carbons (Fsp3) is 0.263. The van der Waals surface area contributed by atoms with E-state index >= 15 is 0 Å². The summed E-state index contributed by atoms with van der Waals surface area (Å²) in [7, 11) is 0. The second kappa shape index (κ2) is 8.35. The minimum Gasteiger partial charge on any atom is -0.508 e. The minimum absolute atomic E-state index is 0.123. The van der Waals surface area contributed by atoms with Crippen LogP contribution in [-0.2, 0) is 16.0 Å². The molecule has 136 valence electrons. The first-order valence-corrected chi connectivity index (χ1v) is 8.37. The van der Waals surface area contributed by atoms with Crippen molar-refractivity contribution >= 4 is 17.8 Å². The molecule has 26 heavy (non-hydrogen) atoms. The molecule has 7 nitrogen and oxygen atoms in total. The Labute approximate surface area is 151 Å². The summed E-state index contributed by atoms with van der Waals surface area (Å²) in [5.74, 6) is 0.0214. The fourth-order valence-corrected chi connectivity index (χ4v) is 2.78. The molecular formula is C19H21N3O4. The minimum atomic E-state index is -0.279. The van der Waals surface area contributed by atoms with Gasteiger partial charge in [0.1, 0.15) is 11.5 Å². The molecule has 0 radical (unpaired) electrons. The number of nitrogens with zero attached hydrogens (tertiary/aromatic N) is 2. The SMILES string of the molecule is O=C(Cc1cccc(O)c1)N/N=C/c1ccc(O)cc1N1CCOCC1. The largest absolute Gasteiger partial charge is 0.508 e. The van der Waals surface area contributed by atoms with E-state index in [0.717, 1.165) is 24.3 Å². The maximum Gasteiger partial charge on any atom is 0.244 e. The third kappa shape index (κ3) is 4.73. The molecule has 1 aliphatic rings. The molecule has 0 saturated carbocycles. The van der Waals surface area contributed by atoms with Crippen molar-refractivity contribution in [1.29, 1.82) is 0 Å². The van der Waals surface area contributed by atoms with Crippen LogP contribution in [0.2, 0.25) is 0 Å². The Bertz CT molecular complexity index is 801. The van der Waals surface area contributed by atoms with Crippen LogP contribution in [0.25, 0.3) is 0 Å². The van der Waals surface area contributed by atoms with Crippen molar-refractivity contribution in [3.8, 4) is 11.5 Å². The van der Waals surface area contributed by atoms with E-state index in [1.807, 2.05) is 0 Å². The van der Waals surface area contributed by atoms with Crippen LogP contribution in [0.4, 0.5) is 5.69 Å². The molecule has 2 aromatic carbocycles. The molecular weight excluding hydrogens is 334 g/mol. The van der Waals surface area contributed by atoms with Crippen molar-refractivity contribution in [1.82, 2.24) is 5.43 Å². The molecule has 1 saturated heterocycles. The molecule has 0 bridgehead atoms. The molecule has 1 heterocycles. The number of hydrogen-bond acceptors (Lipinski definition) is 6. The van der Waals surface area contributed by atoms with Crippen molar-refractivity contribution in [3.63, 3.8) is 0 Å². The summed E-state index contributed by atoms with van der Waals surface area (Å²) in [5.41, 5.74) is 4.83. The number of phenols is 2. The van der Waals surface area contributed by atoms with Crippen molar-refractivity contribution in [2.45, 2.75) is 6.42 Å². The first-order valence-electron chi connectivity index (χ1n) is 8.37. The van der Waals surface area contributed by atoms with Crippen LogP contribution >= 0.6 is 0 Å². The number of anilines is 1. The zero-order valence-electron chi connectivity index (χ0n) is 14.3. The molecule has 0 aliphatic carbocycles. The predicted octanol–water partition coefficient (Wildman–Crippen LogP) is 1.63. The van der Waals surface area contributed by atoms with E-state index in [2.05, 4.69) is 15.4 Å². The number of benzene rings is 2. The summed E-state index contributed by atoms with van der Waals surface area (Å²) in [4.78, 5) is 14.1. The number of ether oxygens (including phenoxy) is 1. The molecule has 0 atom stereocenters. The van der Waals surface area contributed by atoms with E-state index in [1.54, 1.807) is 48.7 Å². The zero-order chi connectivity index (χ0) is 18.4. The number of morpholine rings is 1. The maximum absolute atomic E-state index is 12.0. The van der Waals surface area contributed by atoms with Gasteiger partial charge in [-0.2, -0.15) is 5.10 Å². The van der Waals surface area contributed by atoms with E-state index < -0.39 is 0 Å². The Morgan fingerprint density at radius 3 is 2.69 bits per heavy atom. The number of carbonyl (C=O) groups excluding carboxylic acids is 1. The lowest BCUT2D eigenvalue weighted by Crippen LogP contribution is -2.36. The molecule has 1 amide bonds. The smallest absolute Gasteiger partial charge is 0.244 e. The Balaban J connectivity index is 1.65. The molecule has 7 heteroatoms. The quantitative estimate of drug-likeness (QED) is 0.560. The average Bonchev–Trinajstić information content (AvgIpc) is 2.63.